The zero-order valence-electron chi connectivity index (χ0n) is 6.67. The van der Waals surface area contributed by atoms with Crippen molar-refractivity contribution in [3.05, 3.63) is 11.8 Å². The lowest BCUT2D eigenvalue weighted by molar-refractivity contribution is 0.209. The number of allylic oxidation sites excluding steroid dienone is 1. The molecule has 1 saturated heterocycles. The summed E-state index contributed by atoms with van der Waals surface area (Å²) in [6.45, 7) is 3.77. The molecule has 0 spiro atoms. The van der Waals surface area contributed by atoms with E-state index >= 15 is 0 Å². The molecule has 0 aromatic rings. The third-order valence-corrected chi connectivity index (χ3v) is 1.75. The van der Waals surface area contributed by atoms with Crippen molar-refractivity contribution in [1.82, 2.24) is 10.3 Å². The van der Waals surface area contributed by atoms with Crippen LogP contribution in [-0.4, -0.2) is 24.1 Å². The van der Waals surface area contributed by atoms with Crippen LogP contribution in [-0.2, 0) is 0 Å². The zero-order valence-corrected chi connectivity index (χ0v) is 6.67. The molecule has 0 bridgehead atoms. The third-order valence-electron chi connectivity index (χ3n) is 1.75. The molecule has 1 aliphatic heterocycles. The van der Waals surface area contributed by atoms with Crippen molar-refractivity contribution in [3.8, 4) is 12.3 Å². The van der Waals surface area contributed by atoms with Crippen LogP contribution in [0.25, 0.3) is 0 Å². The van der Waals surface area contributed by atoms with E-state index < -0.39 is 0 Å². The highest BCUT2D eigenvalue weighted by Gasteiger charge is 2.19. The topological polar surface area (TPSA) is 41.3 Å². The van der Waals surface area contributed by atoms with Crippen molar-refractivity contribution in [1.29, 1.82) is 0 Å². The van der Waals surface area contributed by atoms with Gasteiger partial charge in [0.15, 0.2) is 0 Å². The maximum Gasteiger partial charge on any atom is 0.0694 e. The molecule has 0 aliphatic carbocycles. The van der Waals surface area contributed by atoms with Crippen LogP contribution in [0.1, 0.15) is 6.92 Å². The summed E-state index contributed by atoms with van der Waals surface area (Å²) in [7, 11) is 0. The monoisotopic (exact) mass is 151 g/mol. The number of nitrogens with zero attached hydrogens (tertiary/aromatic N) is 1. The predicted octanol–water partition coefficient (Wildman–Crippen LogP) is -0.329. The highest BCUT2D eigenvalue weighted by atomic mass is 15.4. The van der Waals surface area contributed by atoms with E-state index in [1.54, 1.807) is 11.2 Å². The molecule has 60 valence electrons. The van der Waals surface area contributed by atoms with Crippen molar-refractivity contribution in [2.75, 3.05) is 13.1 Å². The number of hydrogen-bond donors (Lipinski definition) is 2. The Labute approximate surface area is 67.2 Å². The van der Waals surface area contributed by atoms with E-state index in [0.29, 0.717) is 6.04 Å². The van der Waals surface area contributed by atoms with Gasteiger partial charge in [-0.2, -0.15) is 0 Å². The van der Waals surface area contributed by atoms with Gasteiger partial charge in [0.1, 0.15) is 0 Å². The lowest BCUT2D eigenvalue weighted by atomic mass is 10.2. The first-order valence-corrected chi connectivity index (χ1v) is 3.63. The number of rotatable bonds is 2. The lowest BCUT2D eigenvalue weighted by Crippen LogP contribution is -2.57. The van der Waals surface area contributed by atoms with Crippen LogP contribution in [0.5, 0.6) is 0 Å². The fourth-order valence-corrected chi connectivity index (χ4v) is 0.851. The fraction of sp³-hybridized carbons (Fsp3) is 0.500. The molecule has 1 aliphatic rings. The van der Waals surface area contributed by atoms with Crippen molar-refractivity contribution < 1.29 is 0 Å². The predicted molar refractivity (Wildman–Crippen MR) is 45.3 cm³/mol. The Morgan fingerprint density at radius 3 is 2.82 bits per heavy atom. The molecule has 0 unspecified atom stereocenters. The maximum absolute atomic E-state index is 5.68. The Morgan fingerprint density at radius 2 is 2.45 bits per heavy atom. The zero-order chi connectivity index (χ0) is 8.27. The summed E-state index contributed by atoms with van der Waals surface area (Å²) >= 11 is 0. The number of nitrogens with two attached hydrogens (primary N) is 1. The summed E-state index contributed by atoms with van der Waals surface area (Å²) in [6.07, 6.45) is 6.96. The summed E-state index contributed by atoms with van der Waals surface area (Å²) in [6, 6.07) is 0.415. The molecule has 0 aromatic heterocycles. The molecule has 11 heavy (non-hydrogen) atoms. The maximum atomic E-state index is 5.68. The molecule has 0 radical (unpaired) electrons. The summed E-state index contributed by atoms with van der Waals surface area (Å²) in [5.41, 5.74) is 0.861. The molecule has 3 N–H and O–H groups in total. The first-order valence-electron chi connectivity index (χ1n) is 3.63. The standard InChI is InChI=1S/C8H13N3/c1-3-7(2)6-11(9)8-4-10-5-8/h1,6,8,10H,4-5,9H2,2H3/b7-6-. The molecule has 1 fully saturated rings. The molecular weight excluding hydrogens is 138 g/mol. The van der Waals surface area contributed by atoms with Crippen LogP contribution in [0, 0.1) is 12.3 Å². The van der Waals surface area contributed by atoms with E-state index in [1.807, 2.05) is 6.92 Å². The van der Waals surface area contributed by atoms with Crippen molar-refractivity contribution in [2.24, 2.45) is 5.84 Å². The number of terminal acetylenes is 1. The van der Waals surface area contributed by atoms with E-state index in [-0.39, 0.29) is 0 Å². The minimum atomic E-state index is 0.415. The van der Waals surface area contributed by atoms with E-state index in [4.69, 9.17) is 12.3 Å². The number of nitrogens with one attached hydrogen (secondary N) is 1. The molecule has 1 rings (SSSR count). The molecule has 0 atom stereocenters. The highest BCUT2D eigenvalue weighted by molar-refractivity contribution is 5.21. The first-order chi connectivity index (χ1) is 5.24. The van der Waals surface area contributed by atoms with E-state index in [2.05, 4.69) is 11.2 Å². The van der Waals surface area contributed by atoms with Crippen molar-refractivity contribution >= 4 is 0 Å². The average Bonchev–Trinajstić information content (AvgIpc) is 1.83. The Morgan fingerprint density at radius 1 is 1.82 bits per heavy atom. The average molecular weight is 151 g/mol. The van der Waals surface area contributed by atoms with E-state index in [9.17, 15) is 0 Å². The van der Waals surface area contributed by atoms with Gasteiger partial charge in [-0.15, -0.1) is 6.42 Å². The summed E-state index contributed by atoms with van der Waals surface area (Å²) in [5.74, 6) is 8.19. The number of hydrogen-bond acceptors (Lipinski definition) is 3. The quantitative estimate of drug-likeness (QED) is 0.322. The molecule has 1 heterocycles. The molecular formula is C8H13N3. The Balaban J connectivity index is 2.42. The van der Waals surface area contributed by atoms with Gasteiger partial charge in [0.05, 0.1) is 6.04 Å². The van der Waals surface area contributed by atoms with E-state index in [0.717, 1.165) is 18.7 Å². The van der Waals surface area contributed by atoms with Gasteiger partial charge in [-0.3, -0.25) is 0 Å². The second-order valence-corrected chi connectivity index (χ2v) is 2.72. The second-order valence-electron chi connectivity index (χ2n) is 2.72. The second kappa shape index (κ2) is 3.42. The normalized spacial score (nSPS) is 18.8. The van der Waals surface area contributed by atoms with Gasteiger partial charge in [-0.1, -0.05) is 5.92 Å². The van der Waals surface area contributed by atoms with Crippen LogP contribution in [0.4, 0.5) is 0 Å². The van der Waals surface area contributed by atoms with Gasteiger partial charge < -0.3 is 10.3 Å². The molecule has 0 amide bonds. The minimum absolute atomic E-state index is 0.415. The van der Waals surface area contributed by atoms with Crippen LogP contribution in [0.3, 0.4) is 0 Å². The Bertz CT molecular complexity index is 198. The van der Waals surface area contributed by atoms with Gasteiger partial charge in [-0.25, -0.2) is 5.84 Å². The smallest absolute Gasteiger partial charge is 0.0694 e. The Kier molecular flexibility index (Phi) is 2.53. The summed E-state index contributed by atoms with van der Waals surface area (Å²) in [5, 5.41) is 4.80. The highest BCUT2D eigenvalue weighted by Crippen LogP contribution is 2.01. The van der Waals surface area contributed by atoms with Crippen molar-refractivity contribution in [2.45, 2.75) is 13.0 Å². The lowest BCUT2D eigenvalue weighted by Gasteiger charge is -2.34. The van der Waals surface area contributed by atoms with Gasteiger partial charge in [0, 0.05) is 24.9 Å². The summed E-state index contributed by atoms with van der Waals surface area (Å²) in [4.78, 5) is 0. The van der Waals surface area contributed by atoms with Gasteiger partial charge in [0.2, 0.25) is 0 Å². The van der Waals surface area contributed by atoms with Gasteiger partial charge in [-0.05, 0) is 6.92 Å². The number of hydrazine groups is 1. The SMILES string of the molecule is C#C/C(C)=C\N(N)C1CNC1. The molecule has 3 nitrogen and oxygen atoms in total. The Hall–Kier alpha value is -0.980. The van der Waals surface area contributed by atoms with Crippen LogP contribution < -0.4 is 11.2 Å². The third kappa shape index (κ3) is 1.97. The summed E-state index contributed by atoms with van der Waals surface area (Å²) < 4.78 is 0. The molecule has 3 heteroatoms. The van der Waals surface area contributed by atoms with Crippen LogP contribution in [0.2, 0.25) is 0 Å². The van der Waals surface area contributed by atoms with Crippen molar-refractivity contribution in [3.63, 3.8) is 0 Å². The minimum Gasteiger partial charge on any atom is -0.312 e. The van der Waals surface area contributed by atoms with Gasteiger partial charge in [0.25, 0.3) is 0 Å². The van der Waals surface area contributed by atoms with Crippen LogP contribution >= 0.6 is 0 Å². The van der Waals surface area contributed by atoms with Crippen LogP contribution in [0.15, 0.2) is 11.8 Å². The first kappa shape index (κ1) is 8.12. The van der Waals surface area contributed by atoms with E-state index in [1.165, 1.54) is 0 Å². The molecule has 0 aromatic carbocycles. The largest absolute Gasteiger partial charge is 0.312 e. The molecule has 0 saturated carbocycles. The van der Waals surface area contributed by atoms with Gasteiger partial charge >= 0.3 is 0 Å². The fourth-order valence-electron chi connectivity index (χ4n) is 0.851.